The van der Waals surface area contributed by atoms with E-state index in [1.165, 1.54) is 12.1 Å². The Labute approximate surface area is 521 Å². The van der Waals surface area contributed by atoms with Crippen molar-refractivity contribution in [3.63, 3.8) is 0 Å². The van der Waals surface area contributed by atoms with Crippen LogP contribution in [0.2, 0.25) is 0 Å². The summed E-state index contributed by atoms with van der Waals surface area (Å²) in [7, 11) is 0. The number of nitriles is 1. The molecule has 2 saturated carbocycles. The Morgan fingerprint density at radius 1 is 0.500 bits per heavy atom. The molecule has 23 heteroatoms. The van der Waals surface area contributed by atoms with E-state index in [9.17, 15) is 53.2 Å². The lowest BCUT2D eigenvalue weighted by Gasteiger charge is -2.26. The predicted octanol–water partition coefficient (Wildman–Crippen LogP) is 11.3. The molecule has 0 amide bonds. The van der Waals surface area contributed by atoms with Crippen LogP contribution < -0.4 is 18.9 Å². The van der Waals surface area contributed by atoms with Gasteiger partial charge in [0.2, 0.25) is 0 Å². The number of ether oxygens (including phenoxy) is 9. The molecule has 0 radical (unpaired) electrons. The fraction of sp³-hybridized carbons (Fsp3) is 0.446. The molecule has 88 heavy (non-hydrogen) atoms. The molecular formula is C65H74N2O19S2. The topological polar surface area (TPSA) is 282 Å². The summed E-state index contributed by atoms with van der Waals surface area (Å²) < 4.78 is 48.4. The number of carbonyl (C=O) groups excluding carboxylic acids is 10. The van der Waals surface area contributed by atoms with Crippen molar-refractivity contribution in [3.05, 3.63) is 118 Å². The zero-order valence-corrected chi connectivity index (χ0v) is 51.6. The molecule has 3 aromatic rings. The molecule has 3 aromatic carbocycles. The lowest BCUT2D eigenvalue weighted by molar-refractivity contribution is -0.152. The first-order valence-corrected chi connectivity index (χ1v) is 30.9. The van der Waals surface area contributed by atoms with E-state index in [1.54, 1.807) is 48.5 Å². The first kappa shape index (κ1) is 71.9. The van der Waals surface area contributed by atoms with Gasteiger partial charge in [0.1, 0.15) is 42.0 Å². The molecule has 6 rings (SSSR count). The van der Waals surface area contributed by atoms with Crippen molar-refractivity contribution in [2.45, 2.75) is 140 Å². The fourth-order valence-electron chi connectivity index (χ4n) is 8.87. The van der Waals surface area contributed by atoms with Crippen molar-refractivity contribution in [2.24, 2.45) is 23.7 Å². The number of Topliss-reactive ketones (excluding diaryl/α,β-unsaturated/α-hetero) is 1. The second-order valence-corrected chi connectivity index (χ2v) is 21.7. The average Bonchev–Trinajstić information content (AvgIpc) is 2.68. The molecular weight excluding hydrogens is 1180 g/mol. The molecule has 0 atom stereocenters. The minimum atomic E-state index is -0.643. The van der Waals surface area contributed by atoms with E-state index in [2.05, 4.69) is 18.0 Å². The van der Waals surface area contributed by atoms with Crippen molar-refractivity contribution in [2.75, 3.05) is 33.0 Å². The van der Waals surface area contributed by atoms with Crippen LogP contribution in [0.5, 0.6) is 23.0 Å². The van der Waals surface area contributed by atoms with E-state index in [0.717, 1.165) is 46.8 Å². The number of allylic oxidation sites excluding steroid dienone is 1. The highest BCUT2D eigenvalue weighted by Gasteiger charge is 2.37. The Balaban J connectivity index is 0.00000405. The quantitative estimate of drug-likeness (QED) is 0.0119. The number of ketones is 1. The third-order valence-electron chi connectivity index (χ3n) is 13.5. The van der Waals surface area contributed by atoms with Crippen LogP contribution in [0.15, 0.2) is 106 Å². The van der Waals surface area contributed by atoms with E-state index in [4.69, 9.17) is 49.2 Å². The number of benzene rings is 3. The van der Waals surface area contributed by atoms with Gasteiger partial charge in [-0.05, 0) is 105 Å². The maximum Gasteiger partial charge on any atom is 0.330 e. The fourth-order valence-corrected chi connectivity index (χ4v) is 11.3. The van der Waals surface area contributed by atoms with Crippen LogP contribution in [0.25, 0.3) is 4.85 Å². The lowest BCUT2D eigenvalue weighted by atomic mass is 9.82. The normalized spacial score (nSPS) is 16.8. The maximum absolute atomic E-state index is 13.6. The minimum Gasteiger partial charge on any atom is -0.465 e. The number of hydrogen-bond acceptors (Lipinski definition) is 22. The van der Waals surface area contributed by atoms with Gasteiger partial charge in [0.25, 0.3) is 5.70 Å². The molecule has 21 nitrogen and oxygen atoms in total. The molecule has 0 saturated heterocycles. The monoisotopic (exact) mass is 1250 g/mol. The van der Waals surface area contributed by atoms with Crippen molar-refractivity contribution in [1.82, 2.24) is 0 Å². The van der Waals surface area contributed by atoms with Crippen LogP contribution in [0.3, 0.4) is 0 Å². The third kappa shape index (κ3) is 24.3. The van der Waals surface area contributed by atoms with E-state index < -0.39 is 77.4 Å². The van der Waals surface area contributed by atoms with Gasteiger partial charge in [0.05, 0.1) is 89.4 Å². The summed E-state index contributed by atoms with van der Waals surface area (Å²) in [5.74, 6) is -6.06. The summed E-state index contributed by atoms with van der Waals surface area (Å²) in [6.45, 7) is 22.1. The van der Waals surface area contributed by atoms with Gasteiger partial charge in [0.15, 0.2) is 0 Å². The molecule has 470 valence electrons. The SMILES string of the molecule is CC.CC.[C-]#[N+]/C(C#N)=C1\Sc2c(OC(=O)C3CCC(C(=O)Oc4ccc(CCOC(=O)CCC(=O)CCCOC(=O)C=C)cc4)CC3)ccc(OC(=O)C3CCC(C(=O)Oc4ccc(CCOC(=O)CCC(=O)OCCOC(=O)C=C)cc4)CC3)c2S1. The molecule has 0 bridgehead atoms. The zero-order valence-electron chi connectivity index (χ0n) is 50.0. The van der Waals surface area contributed by atoms with Crippen LogP contribution in [-0.4, -0.2) is 92.5 Å². The Morgan fingerprint density at radius 2 is 0.852 bits per heavy atom. The van der Waals surface area contributed by atoms with Crippen molar-refractivity contribution in [3.8, 4) is 29.1 Å². The summed E-state index contributed by atoms with van der Waals surface area (Å²) in [6, 6.07) is 18.4. The van der Waals surface area contributed by atoms with Crippen molar-refractivity contribution < 1.29 is 90.6 Å². The zero-order chi connectivity index (χ0) is 64.4. The molecule has 2 aliphatic carbocycles. The van der Waals surface area contributed by atoms with E-state index in [0.29, 0.717) is 96.2 Å². The Bertz CT molecular complexity index is 2850. The number of hydrogen-bond donors (Lipinski definition) is 0. The van der Waals surface area contributed by atoms with Crippen molar-refractivity contribution >= 4 is 83.0 Å². The number of thioether (sulfide) groups is 2. The molecule has 2 fully saturated rings. The Morgan fingerprint density at radius 3 is 1.23 bits per heavy atom. The van der Waals surface area contributed by atoms with Gasteiger partial charge in [0, 0.05) is 37.8 Å². The second kappa shape index (κ2) is 39.3. The first-order valence-electron chi connectivity index (χ1n) is 29.2. The highest BCUT2D eigenvalue weighted by atomic mass is 32.2. The van der Waals surface area contributed by atoms with Gasteiger partial charge in [-0.3, -0.25) is 38.4 Å². The standard InChI is InChI=1S/C61H62N2O19S2.2C2H6/c1-4-50(65)74-32-6-7-44(64)20-27-52(67)75-33-30-38-8-21-45(22-9-38)79-57(70)40-12-16-42(17-13-40)59(72)81-48-25-26-49(56-55(48)83-61(84-56)47(37-62)63-3)82-60(73)43-18-14-41(15-19-43)58(71)80-46-23-10-39(11-24-46)31-34-76-53(68)28-29-54(69)78-36-35-77-51(66)5-2;2*1-2/h4-5,8-11,21-26,40-43H,1-2,6-7,12-20,27-36H2;2*1-2H3/b61-47+;;. The molecule has 3 aliphatic rings. The summed E-state index contributed by atoms with van der Waals surface area (Å²) in [5, 5.41) is 9.70. The van der Waals surface area contributed by atoms with Crippen LogP contribution in [0, 0.1) is 41.6 Å². The largest absolute Gasteiger partial charge is 0.465 e. The number of carbonyl (C=O) groups is 10. The average molecular weight is 1250 g/mol. The highest BCUT2D eigenvalue weighted by Crippen LogP contribution is 2.59. The van der Waals surface area contributed by atoms with E-state index >= 15 is 0 Å². The number of fused-ring (bicyclic) bond motifs is 1. The Kier molecular flexibility index (Phi) is 32.1. The van der Waals surface area contributed by atoms with E-state index in [1.807, 2.05) is 33.8 Å². The van der Waals surface area contributed by atoms with Gasteiger partial charge >= 0.3 is 53.7 Å². The summed E-state index contributed by atoms with van der Waals surface area (Å²) in [4.78, 5) is 128. The molecule has 0 N–H and O–H groups in total. The van der Waals surface area contributed by atoms with Crippen LogP contribution in [0.4, 0.5) is 0 Å². The summed E-state index contributed by atoms with van der Waals surface area (Å²) >= 11 is 2.12. The maximum atomic E-state index is 13.6. The van der Waals surface area contributed by atoms with Gasteiger partial charge in [-0.1, -0.05) is 88.6 Å². The lowest BCUT2D eigenvalue weighted by Crippen LogP contribution is -2.30. The Hall–Kier alpha value is -8.54. The van der Waals surface area contributed by atoms with Gasteiger partial charge < -0.3 is 42.6 Å². The third-order valence-corrected chi connectivity index (χ3v) is 16.2. The number of rotatable bonds is 29. The smallest absolute Gasteiger partial charge is 0.330 e. The van der Waals surface area contributed by atoms with E-state index in [-0.39, 0.29) is 88.1 Å². The molecule has 0 spiro atoms. The van der Waals surface area contributed by atoms with Crippen LogP contribution in [-0.2, 0) is 84.5 Å². The number of esters is 9. The van der Waals surface area contributed by atoms with Crippen molar-refractivity contribution in [1.29, 1.82) is 5.26 Å². The van der Waals surface area contributed by atoms with Gasteiger partial charge in [-0.25, -0.2) is 19.7 Å². The van der Waals surface area contributed by atoms with Gasteiger partial charge in [-0.2, -0.15) is 0 Å². The second-order valence-electron chi connectivity index (χ2n) is 19.4. The summed E-state index contributed by atoms with van der Waals surface area (Å²) in [6.07, 6.45) is 5.75. The van der Waals surface area contributed by atoms with Crippen LogP contribution in [0.1, 0.15) is 129 Å². The molecule has 0 unspecified atom stereocenters. The summed E-state index contributed by atoms with van der Waals surface area (Å²) in [5.41, 5.74) is 1.45. The van der Waals surface area contributed by atoms with Crippen LogP contribution >= 0.6 is 23.5 Å². The predicted molar refractivity (Wildman–Crippen MR) is 322 cm³/mol. The molecule has 1 aliphatic heterocycles. The molecule has 1 heterocycles. The minimum absolute atomic E-state index is 0.0230. The molecule has 0 aromatic heterocycles. The first-order chi connectivity index (χ1) is 42.5. The highest BCUT2D eigenvalue weighted by molar-refractivity contribution is 8.24. The number of nitrogens with zero attached hydrogens (tertiary/aromatic N) is 2. The van der Waals surface area contributed by atoms with Gasteiger partial charge in [-0.15, -0.1) is 0 Å².